The van der Waals surface area contributed by atoms with Crippen LogP contribution in [-0.2, 0) is 12.6 Å². The highest BCUT2D eigenvalue weighted by Gasteiger charge is 2.33. The summed E-state index contributed by atoms with van der Waals surface area (Å²) >= 11 is 0. The fourth-order valence-corrected chi connectivity index (χ4v) is 2.26. The highest BCUT2D eigenvalue weighted by Crippen LogP contribution is 2.27. The molecule has 10 heteroatoms. The van der Waals surface area contributed by atoms with Crippen molar-refractivity contribution in [1.82, 2.24) is 30.7 Å². The van der Waals surface area contributed by atoms with Gasteiger partial charge in [0.25, 0.3) is 5.91 Å². The summed E-state index contributed by atoms with van der Waals surface area (Å²) in [5.74, 6) is -0.340. The number of aromatic amines is 1. The Kier molecular flexibility index (Phi) is 4.34. The molecule has 0 radical (unpaired) electrons. The van der Waals surface area contributed by atoms with Gasteiger partial charge >= 0.3 is 6.18 Å². The van der Waals surface area contributed by atoms with Crippen LogP contribution in [-0.4, -0.2) is 37.8 Å². The standard InChI is InChI=1S/C15H13F3N6O/c1-8-6-12(15(16,17)18)21-13(20-8)4-5-19-14(25)9-2-3-10-11(7-9)23-24-22-10/h2-3,6-7H,4-5H2,1H3,(H,19,25)(H,22,23,24). The number of hydrogen-bond donors (Lipinski definition) is 2. The van der Waals surface area contributed by atoms with E-state index in [0.29, 0.717) is 16.6 Å². The number of hydrogen-bond acceptors (Lipinski definition) is 5. The van der Waals surface area contributed by atoms with Crippen LogP contribution in [0.1, 0.15) is 27.6 Å². The van der Waals surface area contributed by atoms with Gasteiger partial charge in [-0.25, -0.2) is 9.97 Å². The monoisotopic (exact) mass is 350 g/mol. The van der Waals surface area contributed by atoms with Crippen molar-refractivity contribution < 1.29 is 18.0 Å². The third-order valence-electron chi connectivity index (χ3n) is 3.40. The summed E-state index contributed by atoms with van der Waals surface area (Å²) < 4.78 is 38.2. The molecule has 0 spiro atoms. The highest BCUT2D eigenvalue weighted by atomic mass is 19.4. The van der Waals surface area contributed by atoms with Crippen LogP contribution < -0.4 is 5.32 Å². The summed E-state index contributed by atoms with van der Waals surface area (Å²) in [5, 5.41) is 12.8. The summed E-state index contributed by atoms with van der Waals surface area (Å²) in [4.78, 5) is 19.6. The number of carbonyl (C=O) groups is 1. The smallest absolute Gasteiger partial charge is 0.352 e. The molecule has 0 atom stereocenters. The van der Waals surface area contributed by atoms with Gasteiger partial charge < -0.3 is 5.32 Å². The number of nitrogens with zero attached hydrogens (tertiary/aromatic N) is 4. The van der Waals surface area contributed by atoms with E-state index in [1.165, 1.54) is 6.92 Å². The minimum Gasteiger partial charge on any atom is -0.352 e. The SMILES string of the molecule is Cc1cc(C(F)(F)F)nc(CCNC(=O)c2ccc3n[nH]nc3c2)n1. The van der Waals surface area contributed by atoms with Gasteiger partial charge in [0.05, 0.1) is 0 Å². The largest absolute Gasteiger partial charge is 0.433 e. The molecule has 3 aromatic rings. The van der Waals surface area contributed by atoms with Gasteiger partial charge in [0.1, 0.15) is 22.6 Å². The third kappa shape index (κ3) is 3.90. The molecule has 130 valence electrons. The first-order valence-electron chi connectivity index (χ1n) is 7.33. The minimum atomic E-state index is -4.53. The van der Waals surface area contributed by atoms with E-state index in [1.807, 2.05) is 0 Å². The van der Waals surface area contributed by atoms with Crippen molar-refractivity contribution in [2.45, 2.75) is 19.5 Å². The molecule has 0 aliphatic heterocycles. The maximum absolute atomic E-state index is 12.7. The molecular formula is C15H13F3N6O. The van der Waals surface area contributed by atoms with Crippen molar-refractivity contribution in [3.63, 3.8) is 0 Å². The Hall–Kier alpha value is -3.04. The Morgan fingerprint density at radius 1 is 1.16 bits per heavy atom. The highest BCUT2D eigenvalue weighted by molar-refractivity contribution is 5.97. The van der Waals surface area contributed by atoms with E-state index >= 15 is 0 Å². The number of amides is 1. The first kappa shape index (κ1) is 16.8. The van der Waals surface area contributed by atoms with Crippen LogP contribution in [0.3, 0.4) is 0 Å². The van der Waals surface area contributed by atoms with Crippen LogP contribution in [0.4, 0.5) is 13.2 Å². The number of alkyl halides is 3. The summed E-state index contributed by atoms with van der Waals surface area (Å²) in [5.41, 5.74) is 0.786. The molecule has 25 heavy (non-hydrogen) atoms. The topological polar surface area (TPSA) is 96.5 Å². The van der Waals surface area contributed by atoms with Crippen molar-refractivity contribution in [3.05, 3.63) is 47.0 Å². The lowest BCUT2D eigenvalue weighted by Gasteiger charge is -2.09. The minimum absolute atomic E-state index is 0.0274. The van der Waals surface area contributed by atoms with Crippen molar-refractivity contribution in [2.75, 3.05) is 6.54 Å². The summed E-state index contributed by atoms with van der Waals surface area (Å²) in [6, 6.07) is 5.69. The Morgan fingerprint density at radius 2 is 1.92 bits per heavy atom. The van der Waals surface area contributed by atoms with Gasteiger partial charge in [0.15, 0.2) is 0 Å². The molecule has 0 unspecified atom stereocenters. The van der Waals surface area contributed by atoms with E-state index in [9.17, 15) is 18.0 Å². The van der Waals surface area contributed by atoms with Crippen LogP contribution in [0.25, 0.3) is 11.0 Å². The second kappa shape index (κ2) is 6.46. The fourth-order valence-electron chi connectivity index (χ4n) is 2.26. The van der Waals surface area contributed by atoms with Crippen LogP contribution in [0.5, 0.6) is 0 Å². The Morgan fingerprint density at radius 3 is 2.68 bits per heavy atom. The fraction of sp³-hybridized carbons (Fsp3) is 0.267. The number of aryl methyl sites for hydroxylation is 1. The van der Waals surface area contributed by atoms with E-state index in [-0.39, 0.29) is 30.4 Å². The Labute approximate surface area is 139 Å². The molecule has 0 saturated carbocycles. The van der Waals surface area contributed by atoms with Crippen LogP contribution in [0, 0.1) is 6.92 Å². The van der Waals surface area contributed by atoms with Gasteiger partial charge in [-0.05, 0) is 31.2 Å². The second-order valence-electron chi connectivity index (χ2n) is 5.34. The lowest BCUT2D eigenvalue weighted by molar-refractivity contribution is -0.141. The quantitative estimate of drug-likeness (QED) is 0.751. The molecule has 2 heterocycles. The predicted octanol–water partition coefficient (Wildman–Crippen LogP) is 2.05. The second-order valence-corrected chi connectivity index (χ2v) is 5.34. The summed E-state index contributed by atoms with van der Waals surface area (Å²) in [6.45, 7) is 1.57. The molecular weight excluding hydrogens is 337 g/mol. The Bertz CT molecular complexity index is 921. The first-order chi connectivity index (χ1) is 11.8. The van der Waals surface area contributed by atoms with Crippen molar-refractivity contribution >= 4 is 16.9 Å². The number of halogens is 3. The lowest BCUT2D eigenvalue weighted by atomic mass is 10.2. The van der Waals surface area contributed by atoms with Gasteiger partial charge in [-0.15, -0.1) is 0 Å². The summed E-state index contributed by atoms with van der Waals surface area (Å²) in [7, 11) is 0. The van der Waals surface area contributed by atoms with E-state index in [0.717, 1.165) is 6.07 Å². The number of H-pyrrole nitrogens is 1. The van der Waals surface area contributed by atoms with Gasteiger partial charge in [-0.1, -0.05) is 0 Å². The molecule has 0 aliphatic carbocycles. The van der Waals surface area contributed by atoms with Crippen LogP contribution >= 0.6 is 0 Å². The molecule has 3 rings (SSSR count). The molecule has 0 aliphatic rings. The molecule has 0 bridgehead atoms. The van der Waals surface area contributed by atoms with Crippen LogP contribution in [0.15, 0.2) is 24.3 Å². The molecule has 2 aromatic heterocycles. The van der Waals surface area contributed by atoms with E-state index in [4.69, 9.17) is 0 Å². The molecule has 7 nitrogen and oxygen atoms in total. The maximum atomic E-state index is 12.7. The van der Waals surface area contributed by atoms with Gasteiger partial charge in [0.2, 0.25) is 0 Å². The molecule has 1 amide bonds. The zero-order valence-corrected chi connectivity index (χ0v) is 13.1. The maximum Gasteiger partial charge on any atom is 0.433 e. The van der Waals surface area contributed by atoms with E-state index < -0.39 is 11.9 Å². The normalized spacial score (nSPS) is 11.7. The van der Waals surface area contributed by atoms with Crippen molar-refractivity contribution in [1.29, 1.82) is 0 Å². The number of benzene rings is 1. The number of rotatable bonds is 4. The summed E-state index contributed by atoms with van der Waals surface area (Å²) in [6.07, 6.45) is -4.44. The average Bonchev–Trinajstić information content (AvgIpc) is 3.01. The van der Waals surface area contributed by atoms with E-state index in [1.54, 1.807) is 18.2 Å². The van der Waals surface area contributed by atoms with Crippen molar-refractivity contribution in [3.8, 4) is 0 Å². The zero-order chi connectivity index (χ0) is 18.0. The van der Waals surface area contributed by atoms with Gasteiger partial charge in [0, 0.05) is 24.2 Å². The first-order valence-corrected chi connectivity index (χ1v) is 7.33. The predicted molar refractivity (Wildman–Crippen MR) is 81.7 cm³/mol. The number of fused-ring (bicyclic) bond motifs is 1. The lowest BCUT2D eigenvalue weighted by Crippen LogP contribution is -2.26. The molecule has 0 saturated heterocycles. The zero-order valence-electron chi connectivity index (χ0n) is 13.1. The van der Waals surface area contributed by atoms with E-state index in [2.05, 4.69) is 30.7 Å². The third-order valence-corrected chi connectivity index (χ3v) is 3.40. The molecule has 1 aromatic carbocycles. The molecule has 2 N–H and O–H groups in total. The number of aromatic nitrogens is 5. The molecule has 0 fully saturated rings. The van der Waals surface area contributed by atoms with Crippen molar-refractivity contribution in [2.24, 2.45) is 0 Å². The number of carbonyl (C=O) groups excluding carboxylic acids is 1. The average molecular weight is 350 g/mol. The number of nitrogens with one attached hydrogen (secondary N) is 2. The van der Waals surface area contributed by atoms with Gasteiger partial charge in [-0.2, -0.15) is 28.6 Å². The van der Waals surface area contributed by atoms with Gasteiger partial charge in [-0.3, -0.25) is 4.79 Å². The Balaban J connectivity index is 1.64. The van der Waals surface area contributed by atoms with Crippen LogP contribution in [0.2, 0.25) is 0 Å².